The van der Waals surface area contributed by atoms with Crippen molar-refractivity contribution in [3.05, 3.63) is 53.3 Å². The fourth-order valence-corrected chi connectivity index (χ4v) is 3.23. The van der Waals surface area contributed by atoms with Gasteiger partial charge >= 0.3 is 6.03 Å². The summed E-state index contributed by atoms with van der Waals surface area (Å²) < 4.78 is 29.4. The number of hydrogen-bond acceptors (Lipinski definition) is 5. The molecule has 0 bridgehead atoms. The van der Waals surface area contributed by atoms with Gasteiger partial charge in [-0.2, -0.15) is 0 Å². The monoisotopic (exact) mass is 372 g/mol. The SMILES string of the molecule is COc1ccc(CN2C(=O)N[C@@](C)(c3ccc4c(c3)OCO4)C2=O)cc1F. The molecule has 0 unspecified atom stereocenters. The maximum atomic E-state index is 13.9. The molecule has 1 N–H and O–H groups in total. The molecule has 0 aromatic heterocycles. The summed E-state index contributed by atoms with van der Waals surface area (Å²) in [5.41, 5.74) is -0.191. The Balaban J connectivity index is 1.61. The number of carbonyl (C=O) groups excluding carboxylic acids is 2. The number of rotatable bonds is 4. The molecule has 0 radical (unpaired) electrons. The van der Waals surface area contributed by atoms with Crippen LogP contribution in [0.25, 0.3) is 0 Å². The zero-order chi connectivity index (χ0) is 19.2. The number of carbonyl (C=O) groups is 2. The van der Waals surface area contributed by atoms with Crippen LogP contribution in [0.1, 0.15) is 18.1 Å². The van der Waals surface area contributed by atoms with Crippen molar-refractivity contribution in [3.8, 4) is 17.2 Å². The Morgan fingerprint density at radius 1 is 1.19 bits per heavy atom. The third kappa shape index (κ3) is 2.73. The van der Waals surface area contributed by atoms with Gasteiger partial charge in [-0.1, -0.05) is 12.1 Å². The van der Waals surface area contributed by atoms with Crippen LogP contribution >= 0.6 is 0 Å². The first-order valence-electron chi connectivity index (χ1n) is 8.29. The summed E-state index contributed by atoms with van der Waals surface area (Å²) in [6.07, 6.45) is 0. The lowest BCUT2D eigenvalue weighted by atomic mass is 9.91. The van der Waals surface area contributed by atoms with Crippen molar-refractivity contribution < 1.29 is 28.2 Å². The number of imide groups is 1. The van der Waals surface area contributed by atoms with E-state index in [2.05, 4.69) is 5.32 Å². The van der Waals surface area contributed by atoms with E-state index in [1.54, 1.807) is 31.2 Å². The predicted octanol–water partition coefficient (Wildman–Crippen LogP) is 2.53. The van der Waals surface area contributed by atoms with E-state index in [0.29, 0.717) is 22.6 Å². The van der Waals surface area contributed by atoms with Crippen LogP contribution in [0.3, 0.4) is 0 Å². The Bertz CT molecular complexity index is 948. The fraction of sp³-hybridized carbons (Fsp3) is 0.263. The third-order valence-electron chi connectivity index (χ3n) is 4.78. The molecule has 0 spiro atoms. The number of hydrogen-bond donors (Lipinski definition) is 1. The van der Waals surface area contributed by atoms with Crippen LogP contribution < -0.4 is 19.5 Å². The minimum atomic E-state index is -1.25. The number of nitrogens with zero attached hydrogens (tertiary/aromatic N) is 1. The van der Waals surface area contributed by atoms with E-state index in [1.165, 1.54) is 19.2 Å². The molecule has 8 heteroatoms. The van der Waals surface area contributed by atoms with E-state index in [4.69, 9.17) is 14.2 Å². The maximum absolute atomic E-state index is 13.9. The number of halogens is 1. The first-order chi connectivity index (χ1) is 12.9. The molecule has 2 aliphatic rings. The minimum absolute atomic E-state index is 0.0499. The van der Waals surface area contributed by atoms with Gasteiger partial charge in [0, 0.05) is 0 Å². The molecule has 2 aromatic rings. The smallest absolute Gasteiger partial charge is 0.325 e. The van der Waals surface area contributed by atoms with E-state index in [9.17, 15) is 14.0 Å². The van der Waals surface area contributed by atoms with Crippen molar-refractivity contribution >= 4 is 11.9 Å². The molecule has 4 rings (SSSR count). The van der Waals surface area contributed by atoms with Crippen molar-refractivity contribution in [2.24, 2.45) is 0 Å². The average Bonchev–Trinajstić information content (AvgIpc) is 3.20. The fourth-order valence-electron chi connectivity index (χ4n) is 3.23. The molecule has 0 saturated carbocycles. The van der Waals surface area contributed by atoms with Crippen molar-refractivity contribution in [2.75, 3.05) is 13.9 Å². The minimum Gasteiger partial charge on any atom is -0.494 e. The molecule has 7 nitrogen and oxygen atoms in total. The van der Waals surface area contributed by atoms with Gasteiger partial charge in [-0.15, -0.1) is 0 Å². The Hall–Kier alpha value is -3.29. The predicted molar refractivity (Wildman–Crippen MR) is 92.0 cm³/mol. The number of methoxy groups -OCH3 is 1. The average molecular weight is 372 g/mol. The van der Waals surface area contributed by atoms with Gasteiger partial charge in [-0.25, -0.2) is 9.18 Å². The number of urea groups is 1. The van der Waals surface area contributed by atoms with Crippen LogP contribution in [0, 0.1) is 5.82 Å². The molecular weight excluding hydrogens is 355 g/mol. The van der Waals surface area contributed by atoms with E-state index in [0.717, 1.165) is 4.90 Å². The van der Waals surface area contributed by atoms with Gasteiger partial charge in [0.15, 0.2) is 23.1 Å². The Morgan fingerprint density at radius 3 is 2.70 bits per heavy atom. The lowest BCUT2D eigenvalue weighted by Crippen LogP contribution is -2.40. The summed E-state index contributed by atoms with van der Waals surface area (Å²) in [5.74, 6) is 0.223. The molecule has 3 amide bonds. The van der Waals surface area contributed by atoms with E-state index in [-0.39, 0.29) is 19.1 Å². The van der Waals surface area contributed by atoms with Gasteiger partial charge in [0.25, 0.3) is 5.91 Å². The summed E-state index contributed by atoms with van der Waals surface area (Å²) in [7, 11) is 1.37. The van der Waals surface area contributed by atoms with Crippen molar-refractivity contribution in [3.63, 3.8) is 0 Å². The quantitative estimate of drug-likeness (QED) is 0.835. The molecule has 1 saturated heterocycles. The molecule has 0 aliphatic carbocycles. The maximum Gasteiger partial charge on any atom is 0.325 e. The molecule has 27 heavy (non-hydrogen) atoms. The van der Waals surface area contributed by atoms with Crippen LogP contribution in [-0.2, 0) is 16.9 Å². The zero-order valence-electron chi connectivity index (χ0n) is 14.7. The van der Waals surface area contributed by atoms with Gasteiger partial charge in [0.2, 0.25) is 6.79 Å². The van der Waals surface area contributed by atoms with Crippen LogP contribution in [-0.4, -0.2) is 30.7 Å². The van der Waals surface area contributed by atoms with Crippen molar-refractivity contribution in [1.29, 1.82) is 0 Å². The van der Waals surface area contributed by atoms with E-state index < -0.39 is 23.3 Å². The first kappa shape index (κ1) is 17.1. The highest BCUT2D eigenvalue weighted by Crippen LogP contribution is 2.38. The van der Waals surface area contributed by atoms with Crippen LogP contribution in [0.5, 0.6) is 17.2 Å². The molecule has 140 valence electrons. The summed E-state index contributed by atoms with van der Waals surface area (Å²) in [6, 6.07) is 8.86. The normalized spacial score (nSPS) is 20.8. The zero-order valence-corrected chi connectivity index (χ0v) is 14.7. The van der Waals surface area contributed by atoms with E-state index in [1.807, 2.05) is 0 Å². The summed E-state index contributed by atoms with van der Waals surface area (Å²) in [4.78, 5) is 26.5. The van der Waals surface area contributed by atoms with Crippen LogP contribution in [0.15, 0.2) is 36.4 Å². The third-order valence-corrected chi connectivity index (χ3v) is 4.78. The topological polar surface area (TPSA) is 77.1 Å². The summed E-state index contributed by atoms with van der Waals surface area (Å²) >= 11 is 0. The van der Waals surface area contributed by atoms with Gasteiger partial charge in [-0.05, 0) is 42.3 Å². The highest BCUT2D eigenvalue weighted by Gasteiger charge is 2.49. The van der Waals surface area contributed by atoms with Crippen LogP contribution in [0.2, 0.25) is 0 Å². The van der Waals surface area contributed by atoms with Gasteiger partial charge in [-0.3, -0.25) is 9.69 Å². The molecule has 1 atom stereocenters. The number of ether oxygens (including phenoxy) is 3. The molecular formula is C19H17FN2O5. The second-order valence-corrected chi connectivity index (χ2v) is 6.48. The summed E-state index contributed by atoms with van der Waals surface area (Å²) in [5, 5.41) is 2.72. The van der Waals surface area contributed by atoms with Gasteiger partial charge in [0.05, 0.1) is 13.7 Å². The second-order valence-electron chi connectivity index (χ2n) is 6.48. The molecule has 1 fully saturated rings. The molecule has 2 aliphatic heterocycles. The Morgan fingerprint density at radius 2 is 1.96 bits per heavy atom. The Kier molecular flexibility index (Phi) is 3.91. The van der Waals surface area contributed by atoms with Crippen molar-refractivity contribution in [1.82, 2.24) is 10.2 Å². The lowest BCUT2D eigenvalue weighted by molar-refractivity contribution is -0.131. The van der Waals surface area contributed by atoms with E-state index >= 15 is 0 Å². The summed E-state index contributed by atoms with van der Waals surface area (Å²) in [6.45, 7) is 1.69. The standard InChI is InChI=1S/C19H17FN2O5/c1-19(12-4-6-15-16(8-12)27-10-26-15)17(23)22(18(24)21-19)9-11-3-5-14(25-2)13(20)7-11/h3-8H,9-10H2,1-2H3,(H,21,24)/t19-/m0/s1. The van der Waals surface area contributed by atoms with Crippen molar-refractivity contribution in [2.45, 2.75) is 19.0 Å². The molecule has 2 heterocycles. The second kappa shape index (κ2) is 6.15. The highest BCUT2D eigenvalue weighted by atomic mass is 19.1. The number of fused-ring (bicyclic) bond motifs is 1. The first-order valence-corrected chi connectivity index (χ1v) is 8.29. The van der Waals surface area contributed by atoms with Crippen LogP contribution in [0.4, 0.5) is 9.18 Å². The highest BCUT2D eigenvalue weighted by molar-refractivity contribution is 6.07. The lowest BCUT2D eigenvalue weighted by Gasteiger charge is -2.22. The number of benzene rings is 2. The van der Waals surface area contributed by atoms with Gasteiger partial charge < -0.3 is 19.5 Å². The number of amides is 3. The largest absolute Gasteiger partial charge is 0.494 e. The Labute approximate surface area is 154 Å². The molecule has 2 aromatic carbocycles. The number of nitrogens with one attached hydrogen (secondary N) is 1. The van der Waals surface area contributed by atoms with Gasteiger partial charge in [0.1, 0.15) is 5.54 Å².